The number of hydrogen-bond donors (Lipinski definition) is 2. The van der Waals surface area contributed by atoms with Crippen LogP contribution < -0.4 is 10.6 Å². The molecule has 7 heteroatoms. The van der Waals surface area contributed by atoms with Gasteiger partial charge in [0.2, 0.25) is 5.91 Å². The summed E-state index contributed by atoms with van der Waals surface area (Å²) in [5, 5.41) is 5.88. The fourth-order valence-corrected chi connectivity index (χ4v) is 5.48. The van der Waals surface area contributed by atoms with Crippen molar-refractivity contribution in [2.75, 3.05) is 52.7 Å². The first-order valence-electron chi connectivity index (χ1n) is 20.4. The number of ether oxygens (including phenoxy) is 3. The summed E-state index contributed by atoms with van der Waals surface area (Å²) in [4.78, 5) is 24.2. The summed E-state index contributed by atoms with van der Waals surface area (Å²) in [6.45, 7) is 8.44. The first kappa shape index (κ1) is 46.7. The Morgan fingerprint density at radius 3 is 1.54 bits per heavy atom. The summed E-state index contributed by atoms with van der Waals surface area (Å²) >= 11 is 0. The molecule has 0 saturated heterocycles. The van der Waals surface area contributed by atoms with Crippen LogP contribution in [-0.2, 0) is 19.0 Å². The van der Waals surface area contributed by atoms with Gasteiger partial charge in [0.1, 0.15) is 0 Å². The summed E-state index contributed by atoms with van der Waals surface area (Å²) in [7, 11) is 0. The lowest BCUT2D eigenvalue weighted by Gasteiger charge is -2.08. The van der Waals surface area contributed by atoms with Gasteiger partial charge in [0, 0.05) is 56.7 Å². The van der Waals surface area contributed by atoms with E-state index in [1.807, 2.05) is 12.1 Å². The predicted octanol–water partition coefficient (Wildman–Crippen LogP) is 9.17. The van der Waals surface area contributed by atoms with Crippen LogP contribution in [0.1, 0.15) is 165 Å². The van der Waals surface area contributed by atoms with E-state index in [1.54, 1.807) is 19.1 Å². The van der Waals surface area contributed by atoms with Crippen LogP contribution in [-0.4, -0.2) is 64.5 Å². The van der Waals surface area contributed by atoms with Crippen molar-refractivity contribution in [1.82, 2.24) is 10.6 Å². The Morgan fingerprint density at radius 1 is 0.558 bits per heavy atom. The molecule has 0 aliphatic carbocycles. The van der Waals surface area contributed by atoms with Crippen LogP contribution in [0.25, 0.3) is 0 Å². The van der Waals surface area contributed by atoms with E-state index in [1.165, 1.54) is 83.5 Å². The highest BCUT2D eigenvalue weighted by atomic mass is 16.5. The number of amides is 2. The summed E-state index contributed by atoms with van der Waals surface area (Å²) in [5.41, 5.74) is 1.52. The van der Waals surface area contributed by atoms with Crippen LogP contribution in [0.4, 0.5) is 0 Å². The van der Waals surface area contributed by atoms with Gasteiger partial charge in [-0.15, -0.1) is 5.92 Å². The van der Waals surface area contributed by atoms with Gasteiger partial charge in [-0.3, -0.25) is 9.59 Å². The van der Waals surface area contributed by atoms with Crippen LogP contribution in [0.3, 0.4) is 0 Å². The molecule has 2 N–H and O–H groups in total. The number of nitrogens with one attached hydrogen (secondary N) is 2. The van der Waals surface area contributed by atoms with E-state index in [0.717, 1.165) is 50.5 Å². The zero-order valence-electron chi connectivity index (χ0n) is 32.9. The van der Waals surface area contributed by atoms with Gasteiger partial charge in [-0.2, -0.15) is 0 Å². The summed E-state index contributed by atoms with van der Waals surface area (Å²) in [6.07, 6.45) is 24.4. The minimum Gasteiger partial charge on any atom is -0.379 e. The third kappa shape index (κ3) is 31.5. The molecule has 0 heterocycles. The second-order valence-electron chi connectivity index (χ2n) is 13.3. The number of hydrogen-bond acceptors (Lipinski definition) is 5. The Labute approximate surface area is 317 Å². The van der Waals surface area contributed by atoms with Crippen molar-refractivity contribution in [3.05, 3.63) is 35.4 Å². The molecular weight excluding hydrogens is 649 g/mol. The van der Waals surface area contributed by atoms with E-state index < -0.39 is 0 Å². The topological polar surface area (TPSA) is 85.9 Å². The van der Waals surface area contributed by atoms with Gasteiger partial charge < -0.3 is 24.8 Å². The second kappa shape index (κ2) is 37.5. The third-order valence-corrected chi connectivity index (χ3v) is 8.55. The molecule has 1 rings (SSSR count). The normalized spacial score (nSPS) is 10.3. The van der Waals surface area contributed by atoms with Gasteiger partial charge in [0.05, 0.1) is 26.4 Å². The molecule has 2 amide bonds. The number of benzene rings is 1. The molecule has 7 nitrogen and oxygen atoms in total. The molecule has 52 heavy (non-hydrogen) atoms. The van der Waals surface area contributed by atoms with E-state index in [9.17, 15) is 9.59 Å². The molecule has 0 aliphatic heterocycles. The highest BCUT2D eigenvalue weighted by molar-refractivity contribution is 5.94. The fourth-order valence-electron chi connectivity index (χ4n) is 5.48. The highest BCUT2D eigenvalue weighted by Gasteiger charge is 2.04. The fraction of sp³-hybridized carbons (Fsp3) is 0.689. The van der Waals surface area contributed by atoms with Crippen molar-refractivity contribution in [2.45, 2.75) is 149 Å². The quantitative estimate of drug-likeness (QED) is 0.0560. The van der Waals surface area contributed by atoms with E-state index >= 15 is 0 Å². The number of rotatable bonds is 33. The molecule has 0 aromatic heterocycles. The third-order valence-electron chi connectivity index (χ3n) is 8.55. The van der Waals surface area contributed by atoms with Gasteiger partial charge in [0.25, 0.3) is 5.91 Å². The van der Waals surface area contributed by atoms with Crippen LogP contribution in [0, 0.1) is 35.5 Å². The second-order valence-corrected chi connectivity index (χ2v) is 13.3. The molecule has 0 unspecified atom stereocenters. The van der Waals surface area contributed by atoms with Crippen molar-refractivity contribution in [1.29, 1.82) is 0 Å². The van der Waals surface area contributed by atoms with Crippen molar-refractivity contribution in [3.8, 4) is 35.5 Å². The van der Waals surface area contributed by atoms with Gasteiger partial charge >= 0.3 is 0 Å². The Hall–Kier alpha value is -3.28. The van der Waals surface area contributed by atoms with Crippen molar-refractivity contribution in [3.63, 3.8) is 0 Å². The molecule has 0 bridgehead atoms. The smallest absolute Gasteiger partial charge is 0.251 e. The molecule has 1 aromatic carbocycles. The van der Waals surface area contributed by atoms with Crippen LogP contribution in [0.5, 0.6) is 0 Å². The number of unbranched alkanes of at least 4 members (excludes halogenated alkanes) is 16. The van der Waals surface area contributed by atoms with Crippen LogP contribution in [0.2, 0.25) is 0 Å². The summed E-state index contributed by atoms with van der Waals surface area (Å²) in [6, 6.07) is 7.26. The first-order valence-corrected chi connectivity index (χ1v) is 20.4. The maximum absolute atomic E-state index is 12.2. The molecule has 290 valence electrons. The monoisotopic (exact) mass is 719 g/mol. The predicted molar refractivity (Wildman–Crippen MR) is 215 cm³/mol. The average Bonchev–Trinajstić information content (AvgIpc) is 3.15. The molecular formula is C45H70N2O5. The van der Waals surface area contributed by atoms with Crippen molar-refractivity contribution < 1.29 is 23.8 Å². The lowest BCUT2D eigenvalue weighted by molar-refractivity contribution is -0.121. The summed E-state index contributed by atoms with van der Waals surface area (Å²) in [5.74, 6) is 18.3. The SMILES string of the molecule is CC#Cc1ccc(C(=O)NCCCOCCOCCOCCCNC(=O)CCCCCCCCC#CC#CCCCCCCCCCCCC)cc1. The average molecular weight is 719 g/mol. The Kier molecular flexibility index (Phi) is 33.7. The molecule has 0 atom stereocenters. The zero-order chi connectivity index (χ0) is 37.4. The molecule has 0 radical (unpaired) electrons. The number of carbonyl (C=O) groups is 2. The van der Waals surface area contributed by atoms with Crippen LogP contribution >= 0.6 is 0 Å². The molecule has 0 aliphatic rings. The maximum Gasteiger partial charge on any atom is 0.251 e. The van der Waals surface area contributed by atoms with Gasteiger partial charge in [-0.1, -0.05) is 108 Å². The Bertz CT molecular complexity index is 1200. The van der Waals surface area contributed by atoms with E-state index in [0.29, 0.717) is 64.7 Å². The van der Waals surface area contributed by atoms with Gasteiger partial charge in [0.15, 0.2) is 0 Å². The van der Waals surface area contributed by atoms with E-state index in [-0.39, 0.29) is 11.8 Å². The molecule has 0 spiro atoms. The lowest BCUT2D eigenvalue weighted by Crippen LogP contribution is -2.25. The minimum absolute atomic E-state index is 0.0950. The zero-order valence-corrected chi connectivity index (χ0v) is 32.9. The Balaban J connectivity index is 1.77. The van der Waals surface area contributed by atoms with Gasteiger partial charge in [-0.25, -0.2) is 0 Å². The standard InChI is InChI=1S/C45H70N2O5/c1-3-5-6-7-8-9-10-11-12-13-14-15-16-17-18-19-20-21-22-23-24-25-29-44(48)46-34-26-36-50-38-40-52-41-39-51-37-27-35-47-45(49)43-32-30-42(28-4-2)31-33-43/h30-33H,3,5-14,19-27,29,34-41H2,1-2H3,(H,46,48)(H,47,49). The van der Waals surface area contributed by atoms with E-state index in [4.69, 9.17) is 14.2 Å². The van der Waals surface area contributed by atoms with E-state index in [2.05, 4.69) is 53.1 Å². The lowest BCUT2D eigenvalue weighted by atomic mass is 10.1. The highest BCUT2D eigenvalue weighted by Crippen LogP contribution is 2.11. The first-order chi connectivity index (χ1) is 25.7. The molecule has 0 saturated carbocycles. The summed E-state index contributed by atoms with van der Waals surface area (Å²) < 4.78 is 16.7. The van der Waals surface area contributed by atoms with Crippen molar-refractivity contribution >= 4 is 11.8 Å². The minimum atomic E-state index is -0.0950. The molecule has 0 fully saturated rings. The van der Waals surface area contributed by atoms with Crippen molar-refractivity contribution in [2.24, 2.45) is 0 Å². The molecule has 1 aromatic rings. The van der Waals surface area contributed by atoms with Gasteiger partial charge in [-0.05, 0) is 75.1 Å². The maximum atomic E-state index is 12.2. The number of carbonyl (C=O) groups excluding carboxylic acids is 2. The largest absolute Gasteiger partial charge is 0.379 e. The Morgan fingerprint density at radius 2 is 1.02 bits per heavy atom. The van der Waals surface area contributed by atoms with Crippen LogP contribution in [0.15, 0.2) is 24.3 Å².